The molecular weight excluding hydrogens is 314 g/mol. The summed E-state index contributed by atoms with van der Waals surface area (Å²) in [5, 5.41) is 14.9. The fourth-order valence-corrected chi connectivity index (χ4v) is 4.28. The van der Waals surface area contributed by atoms with E-state index < -0.39 is 0 Å². The minimum Gasteiger partial charge on any atom is -0.338 e. The highest BCUT2D eigenvalue weighted by atomic mass is 16.2. The summed E-state index contributed by atoms with van der Waals surface area (Å²) in [5.74, 6) is 3.57. The zero-order chi connectivity index (χ0) is 17.6. The molecule has 2 heterocycles. The number of hydrogen-bond donors (Lipinski definition) is 2. The third-order valence-corrected chi connectivity index (χ3v) is 5.80. The van der Waals surface area contributed by atoms with E-state index >= 15 is 0 Å². The number of aromatic nitrogens is 3. The minimum absolute atomic E-state index is 0.0218. The van der Waals surface area contributed by atoms with Crippen LogP contribution in [0.5, 0.6) is 0 Å². The number of rotatable bonds is 5. The first-order valence-corrected chi connectivity index (χ1v) is 10.1. The summed E-state index contributed by atoms with van der Waals surface area (Å²) in [6.45, 7) is 6.28. The lowest BCUT2D eigenvalue weighted by Crippen LogP contribution is -2.47. The van der Waals surface area contributed by atoms with Crippen molar-refractivity contribution in [1.82, 2.24) is 25.4 Å². The van der Waals surface area contributed by atoms with Crippen LogP contribution in [0, 0.1) is 11.8 Å². The normalized spacial score (nSPS) is 26.6. The van der Waals surface area contributed by atoms with Gasteiger partial charge in [-0.3, -0.25) is 0 Å². The number of hydrogen-bond acceptors (Lipinski definition) is 3. The van der Waals surface area contributed by atoms with Crippen molar-refractivity contribution >= 4 is 6.03 Å². The van der Waals surface area contributed by atoms with E-state index in [-0.39, 0.29) is 6.03 Å². The molecule has 1 saturated carbocycles. The topological polar surface area (TPSA) is 71.8 Å². The average Bonchev–Trinajstić information content (AvgIpc) is 2.81. The summed E-state index contributed by atoms with van der Waals surface area (Å²) in [5.41, 5.74) is 0. The zero-order valence-electron chi connectivity index (χ0n) is 15.8. The molecule has 2 amide bonds. The summed E-state index contributed by atoms with van der Waals surface area (Å²) in [4.78, 5) is 12.1. The molecule has 0 saturated heterocycles. The lowest BCUT2D eigenvalue weighted by Gasteiger charge is -2.33. The van der Waals surface area contributed by atoms with Crippen LogP contribution in [0.3, 0.4) is 0 Å². The Hall–Kier alpha value is -1.59. The van der Waals surface area contributed by atoms with Gasteiger partial charge in [0.25, 0.3) is 0 Å². The van der Waals surface area contributed by atoms with Crippen molar-refractivity contribution < 1.29 is 4.79 Å². The molecule has 140 valence electrons. The van der Waals surface area contributed by atoms with E-state index in [1.54, 1.807) is 0 Å². The van der Waals surface area contributed by atoms with Crippen LogP contribution in [0.25, 0.3) is 0 Å². The summed E-state index contributed by atoms with van der Waals surface area (Å²) < 4.78 is 2.29. The molecule has 3 rings (SSSR count). The van der Waals surface area contributed by atoms with Gasteiger partial charge in [0.15, 0.2) is 0 Å². The fraction of sp³-hybridized carbons (Fsp3) is 0.842. The molecule has 25 heavy (non-hydrogen) atoms. The van der Waals surface area contributed by atoms with Crippen LogP contribution in [0.1, 0.15) is 70.4 Å². The van der Waals surface area contributed by atoms with Gasteiger partial charge in [0.1, 0.15) is 11.6 Å². The van der Waals surface area contributed by atoms with Crippen molar-refractivity contribution in [2.45, 2.75) is 84.2 Å². The first-order valence-electron chi connectivity index (χ1n) is 10.1. The Labute approximate surface area is 151 Å². The number of nitrogens with zero attached hydrogens (tertiary/aromatic N) is 3. The number of urea groups is 1. The predicted octanol–water partition coefficient (Wildman–Crippen LogP) is 3.06. The van der Waals surface area contributed by atoms with Gasteiger partial charge in [-0.05, 0) is 50.4 Å². The van der Waals surface area contributed by atoms with Gasteiger partial charge >= 0.3 is 6.03 Å². The highest BCUT2D eigenvalue weighted by Crippen LogP contribution is 2.28. The van der Waals surface area contributed by atoms with E-state index in [9.17, 15) is 4.79 Å². The van der Waals surface area contributed by atoms with Crippen LogP contribution < -0.4 is 10.6 Å². The van der Waals surface area contributed by atoms with Crippen molar-refractivity contribution in [2.75, 3.05) is 6.54 Å². The third-order valence-electron chi connectivity index (χ3n) is 5.80. The number of fused-ring (bicyclic) bond motifs is 1. The van der Waals surface area contributed by atoms with Gasteiger partial charge in [-0.15, -0.1) is 10.2 Å². The molecule has 0 bridgehead atoms. The van der Waals surface area contributed by atoms with Crippen LogP contribution in [0.15, 0.2) is 0 Å². The Morgan fingerprint density at radius 2 is 2.08 bits per heavy atom. The predicted molar refractivity (Wildman–Crippen MR) is 98.4 cm³/mol. The van der Waals surface area contributed by atoms with E-state index in [0.717, 1.165) is 49.8 Å². The SMILES string of the molecule is C[C@@H]1CC[C@@H](NC(=O)NCCCc2nnc3n2CCCCC3)[C@H](C)C1. The monoisotopic (exact) mass is 347 g/mol. The number of amides is 2. The number of aryl methyl sites for hydroxylation is 2. The Morgan fingerprint density at radius 3 is 2.92 bits per heavy atom. The first-order chi connectivity index (χ1) is 12.1. The zero-order valence-corrected chi connectivity index (χ0v) is 15.8. The Bertz CT molecular complexity index is 570. The van der Waals surface area contributed by atoms with Crippen LogP contribution >= 0.6 is 0 Å². The van der Waals surface area contributed by atoms with Gasteiger partial charge in [0.05, 0.1) is 0 Å². The highest BCUT2D eigenvalue weighted by molar-refractivity contribution is 5.74. The Kier molecular flexibility index (Phi) is 6.32. The lowest BCUT2D eigenvalue weighted by molar-refractivity contribution is 0.206. The highest BCUT2D eigenvalue weighted by Gasteiger charge is 2.26. The quantitative estimate of drug-likeness (QED) is 0.804. The van der Waals surface area contributed by atoms with Gasteiger partial charge in [0, 0.05) is 32.0 Å². The summed E-state index contributed by atoms with van der Waals surface area (Å²) in [7, 11) is 0. The average molecular weight is 348 g/mol. The second-order valence-electron chi connectivity index (χ2n) is 8.00. The summed E-state index contributed by atoms with van der Waals surface area (Å²) >= 11 is 0. The first kappa shape index (κ1) is 18.2. The number of carbonyl (C=O) groups excluding carboxylic acids is 1. The van der Waals surface area contributed by atoms with Crippen molar-refractivity contribution in [3.8, 4) is 0 Å². The van der Waals surface area contributed by atoms with Gasteiger partial charge in [-0.2, -0.15) is 0 Å². The molecule has 2 aliphatic rings. The van der Waals surface area contributed by atoms with Gasteiger partial charge < -0.3 is 15.2 Å². The molecule has 2 N–H and O–H groups in total. The molecule has 1 fully saturated rings. The maximum Gasteiger partial charge on any atom is 0.315 e. The lowest BCUT2D eigenvalue weighted by atomic mass is 9.80. The molecule has 1 aliphatic heterocycles. The van der Waals surface area contributed by atoms with Crippen molar-refractivity contribution in [2.24, 2.45) is 11.8 Å². The van der Waals surface area contributed by atoms with E-state index in [1.807, 2.05) is 0 Å². The fourth-order valence-electron chi connectivity index (χ4n) is 4.28. The maximum atomic E-state index is 12.1. The molecule has 1 aromatic heterocycles. The molecule has 0 radical (unpaired) electrons. The Balaban J connectivity index is 1.37. The third kappa shape index (κ3) is 4.95. The second-order valence-corrected chi connectivity index (χ2v) is 8.00. The Morgan fingerprint density at radius 1 is 1.20 bits per heavy atom. The van der Waals surface area contributed by atoms with Crippen molar-refractivity contribution in [3.05, 3.63) is 11.6 Å². The molecule has 1 aromatic rings. The van der Waals surface area contributed by atoms with E-state index in [4.69, 9.17) is 0 Å². The molecule has 6 heteroatoms. The summed E-state index contributed by atoms with van der Waals surface area (Å²) in [6, 6.07) is 0.301. The largest absolute Gasteiger partial charge is 0.338 e. The molecule has 3 atom stereocenters. The van der Waals surface area contributed by atoms with Crippen molar-refractivity contribution in [1.29, 1.82) is 0 Å². The van der Waals surface area contributed by atoms with E-state index in [1.165, 1.54) is 32.1 Å². The van der Waals surface area contributed by atoms with Gasteiger partial charge in [-0.1, -0.05) is 20.3 Å². The molecule has 0 spiro atoms. The van der Waals surface area contributed by atoms with Gasteiger partial charge in [0.2, 0.25) is 0 Å². The minimum atomic E-state index is -0.0218. The molecule has 1 aliphatic carbocycles. The van der Waals surface area contributed by atoms with E-state index in [0.29, 0.717) is 18.5 Å². The summed E-state index contributed by atoms with van der Waals surface area (Å²) in [6.07, 6.45) is 10.1. The number of carbonyl (C=O) groups is 1. The van der Waals surface area contributed by atoms with Crippen LogP contribution in [-0.4, -0.2) is 33.4 Å². The molecular formula is C19H33N5O. The van der Waals surface area contributed by atoms with Gasteiger partial charge in [-0.25, -0.2) is 4.79 Å². The maximum absolute atomic E-state index is 12.1. The van der Waals surface area contributed by atoms with Crippen LogP contribution in [-0.2, 0) is 19.4 Å². The van der Waals surface area contributed by atoms with E-state index in [2.05, 4.69) is 39.2 Å². The van der Waals surface area contributed by atoms with Crippen molar-refractivity contribution in [3.63, 3.8) is 0 Å². The molecule has 0 unspecified atom stereocenters. The standard InChI is InChI=1S/C19H33N5O/c1-14-9-10-16(15(2)13-14)21-19(25)20-11-6-8-18-23-22-17-7-4-3-5-12-24(17)18/h14-16H,3-13H2,1-2H3,(H2,20,21,25)/t14-,15-,16-/m1/s1. The number of nitrogens with one attached hydrogen (secondary N) is 2. The molecule has 6 nitrogen and oxygen atoms in total. The smallest absolute Gasteiger partial charge is 0.315 e. The molecule has 0 aromatic carbocycles. The van der Waals surface area contributed by atoms with Crippen LogP contribution in [0.2, 0.25) is 0 Å². The van der Waals surface area contributed by atoms with Crippen LogP contribution in [0.4, 0.5) is 4.79 Å². The second kappa shape index (κ2) is 8.68.